The van der Waals surface area contributed by atoms with Crippen molar-refractivity contribution in [1.29, 1.82) is 0 Å². The summed E-state index contributed by atoms with van der Waals surface area (Å²) in [6, 6.07) is 4.47. The molecular weight excluding hydrogens is 251 g/mol. The predicted octanol–water partition coefficient (Wildman–Crippen LogP) is 4.95. The first-order valence-electron chi connectivity index (χ1n) is 6.59. The van der Waals surface area contributed by atoms with E-state index in [4.69, 9.17) is 11.6 Å². The molecule has 3 heteroatoms. The van der Waals surface area contributed by atoms with Gasteiger partial charge in [-0.1, -0.05) is 50.3 Å². The molecule has 18 heavy (non-hydrogen) atoms. The number of Topliss-reactive ketones (excluding diaryl/α,β-unsaturated/α-hetero) is 1. The number of carbonyl (C=O) groups excluding carboxylic acids is 1. The summed E-state index contributed by atoms with van der Waals surface area (Å²) in [5.74, 6) is -0.235. The largest absolute Gasteiger partial charge is 0.299 e. The second-order valence-electron chi connectivity index (χ2n) is 4.63. The fourth-order valence-electron chi connectivity index (χ4n) is 1.89. The Kier molecular flexibility index (Phi) is 6.96. The van der Waals surface area contributed by atoms with E-state index in [9.17, 15) is 9.18 Å². The van der Waals surface area contributed by atoms with Crippen LogP contribution in [0.5, 0.6) is 0 Å². The van der Waals surface area contributed by atoms with Crippen molar-refractivity contribution in [2.45, 2.75) is 51.9 Å². The van der Waals surface area contributed by atoms with Crippen molar-refractivity contribution in [1.82, 2.24) is 0 Å². The zero-order valence-corrected chi connectivity index (χ0v) is 11.6. The highest BCUT2D eigenvalue weighted by molar-refractivity contribution is 6.30. The lowest BCUT2D eigenvalue weighted by molar-refractivity contribution is -0.118. The minimum absolute atomic E-state index is 0.0863. The van der Waals surface area contributed by atoms with E-state index in [1.54, 1.807) is 6.07 Å². The van der Waals surface area contributed by atoms with Crippen LogP contribution in [0.4, 0.5) is 4.39 Å². The third-order valence-electron chi connectivity index (χ3n) is 2.94. The van der Waals surface area contributed by atoms with Crippen LogP contribution in [0, 0.1) is 5.82 Å². The van der Waals surface area contributed by atoms with Gasteiger partial charge in [0.05, 0.1) is 5.02 Å². The number of benzene rings is 1. The van der Waals surface area contributed by atoms with Gasteiger partial charge in [-0.15, -0.1) is 0 Å². The molecule has 1 nitrogen and oxygen atoms in total. The summed E-state index contributed by atoms with van der Waals surface area (Å²) in [6.07, 6.45) is 6.68. The fraction of sp³-hybridized carbons (Fsp3) is 0.533. The molecule has 0 fully saturated rings. The van der Waals surface area contributed by atoms with Crippen molar-refractivity contribution < 1.29 is 9.18 Å². The van der Waals surface area contributed by atoms with Crippen molar-refractivity contribution in [3.63, 3.8) is 0 Å². The van der Waals surface area contributed by atoms with Gasteiger partial charge in [-0.3, -0.25) is 4.79 Å². The van der Waals surface area contributed by atoms with Gasteiger partial charge in [-0.2, -0.15) is 0 Å². The Morgan fingerprint density at radius 2 is 1.94 bits per heavy atom. The molecule has 1 aromatic rings. The van der Waals surface area contributed by atoms with Crippen LogP contribution in [0.2, 0.25) is 5.02 Å². The maximum atomic E-state index is 12.9. The van der Waals surface area contributed by atoms with Gasteiger partial charge in [0.2, 0.25) is 0 Å². The summed E-state index contributed by atoms with van der Waals surface area (Å²) in [7, 11) is 0. The van der Waals surface area contributed by atoms with Gasteiger partial charge in [-0.05, 0) is 24.1 Å². The quantitative estimate of drug-likeness (QED) is 0.611. The highest BCUT2D eigenvalue weighted by Gasteiger charge is 2.06. The lowest BCUT2D eigenvalue weighted by Gasteiger charge is -2.03. The van der Waals surface area contributed by atoms with E-state index < -0.39 is 5.82 Å². The van der Waals surface area contributed by atoms with Crippen molar-refractivity contribution in [3.05, 3.63) is 34.6 Å². The van der Waals surface area contributed by atoms with Crippen LogP contribution in [0.15, 0.2) is 18.2 Å². The summed E-state index contributed by atoms with van der Waals surface area (Å²) in [6.45, 7) is 2.17. The molecular formula is C15H20ClFO. The molecule has 100 valence electrons. The molecule has 0 aliphatic rings. The van der Waals surface area contributed by atoms with E-state index in [2.05, 4.69) is 6.92 Å². The van der Waals surface area contributed by atoms with Crippen molar-refractivity contribution in [3.8, 4) is 0 Å². The Labute approximate surface area is 113 Å². The van der Waals surface area contributed by atoms with Crippen molar-refractivity contribution in [2.24, 2.45) is 0 Å². The van der Waals surface area contributed by atoms with Gasteiger partial charge in [0, 0.05) is 12.8 Å². The van der Waals surface area contributed by atoms with Gasteiger partial charge >= 0.3 is 0 Å². The third-order valence-corrected chi connectivity index (χ3v) is 3.23. The molecule has 0 aliphatic carbocycles. The minimum Gasteiger partial charge on any atom is -0.299 e. The standard InChI is InChI=1S/C15H20ClFO/c1-2-3-4-5-6-7-13(18)10-12-8-9-15(17)14(16)11-12/h8-9,11H,2-7,10H2,1H3. The van der Waals surface area contributed by atoms with Gasteiger partial charge in [0.1, 0.15) is 11.6 Å². The van der Waals surface area contributed by atoms with Crippen LogP contribution in [-0.2, 0) is 11.2 Å². The van der Waals surface area contributed by atoms with Crippen LogP contribution in [0.1, 0.15) is 51.0 Å². The Morgan fingerprint density at radius 1 is 1.22 bits per heavy atom. The number of hydrogen-bond acceptors (Lipinski definition) is 1. The summed E-state index contributed by atoms with van der Waals surface area (Å²) < 4.78 is 12.9. The number of unbranched alkanes of at least 4 members (excludes halogenated alkanes) is 4. The number of hydrogen-bond donors (Lipinski definition) is 0. The predicted molar refractivity (Wildman–Crippen MR) is 73.5 cm³/mol. The summed E-state index contributed by atoms with van der Waals surface area (Å²) in [5, 5.41) is 0.0863. The first-order chi connectivity index (χ1) is 8.63. The third kappa shape index (κ3) is 5.63. The van der Waals surface area contributed by atoms with Crippen LogP contribution in [-0.4, -0.2) is 5.78 Å². The van der Waals surface area contributed by atoms with E-state index in [1.165, 1.54) is 31.4 Å². The average Bonchev–Trinajstić information content (AvgIpc) is 2.34. The maximum Gasteiger partial charge on any atom is 0.141 e. The molecule has 0 atom stereocenters. The summed E-state index contributed by atoms with van der Waals surface area (Å²) in [5.41, 5.74) is 0.792. The maximum absolute atomic E-state index is 12.9. The molecule has 0 heterocycles. The van der Waals surface area contributed by atoms with Gasteiger partial charge < -0.3 is 0 Å². The Balaban J connectivity index is 2.29. The number of halogens is 2. The first-order valence-corrected chi connectivity index (χ1v) is 6.97. The minimum atomic E-state index is -0.438. The monoisotopic (exact) mass is 270 g/mol. The molecule has 0 aliphatic heterocycles. The normalized spacial score (nSPS) is 10.6. The molecule has 0 N–H and O–H groups in total. The smallest absolute Gasteiger partial charge is 0.141 e. The number of ketones is 1. The molecule has 0 bridgehead atoms. The van der Waals surface area contributed by atoms with Crippen molar-refractivity contribution in [2.75, 3.05) is 0 Å². The van der Waals surface area contributed by atoms with Crippen molar-refractivity contribution >= 4 is 17.4 Å². The molecule has 0 spiro atoms. The molecule has 0 unspecified atom stereocenters. The van der Waals surface area contributed by atoms with Crippen LogP contribution >= 0.6 is 11.6 Å². The van der Waals surface area contributed by atoms with Crippen LogP contribution in [0.25, 0.3) is 0 Å². The van der Waals surface area contributed by atoms with Crippen LogP contribution < -0.4 is 0 Å². The lowest BCUT2D eigenvalue weighted by Crippen LogP contribution is -2.02. The average molecular weight is 271 g/mol. The van der Waals surface area contributed by atoms with Crippen LogP contribution in [0.3, 0.4) is 0 Å². The second-order valence-corrected chi connectivity index (χ2v) is 5.04. The Morgan fingerprint density at radius 3 is 2.61 bits per heavy atom. The van der Waals surface area contributed by atoms with Gasteiger partial charge in [0.25, 0.3) is 0 Å². The van der Waals surface area contributed by atoms with E-state index in [0.29, 0.717) is 12.8 Å². The molecule has 1 aromatic carbocycles. The topological polar surface area (TPSA) is 17.1 Å². The Bertz CT molecular complexity index is 390. The number of carbonyl (C=O) groups is 1. The Hall–Kier alpha value is -0.890. The highest BCUT2D eigenvalue weighted by atomic mass is 35.5. The van der Waals surface area contributed by atoms with E-state index in [0.717, 1.165) is 18.4 Å². The lowest BCUT2D eigenvalue weighted by atomic mass is 10.0. The molecule has 0 radical (unpaired) electrons. The first kappa shape index (κ1) is 15.2. The number of rotatable bonds is 8. The zero-order valence-electron chi connectivity index (χ0n) is 10.8. The highest BCUT2D eigenvalue weighted by Crippen LogP contribution is 2.17. The molecule has 1 rings (SSSR count). The van der Waals surface area contributed by atoms with Gasteiger partial charge in [0.15, 0.2) is 0 Å². The summed E-state index contributed by atoms with van der Waals surface area (Å²) in [4.78, 5) is 11.7. The van der Waals surface area contributed by atoms with E-state index in [1.807, 2.05) is 0 Å². The van der Waals surface area contributed by atoms with E-state index in [-0.39, 0.29) is 10.8 Å². The van der Waals surface area contributed by atoms with E-state index >= 15 is 0 Å². The molecule has 0 aromatic heterocycles. The molecule has 0 saturated carbocycles. The SMILES string of the molecule is CCCCCCCC(=O)Cc1ccc(F)c(Cl)c1. The van der Waals surface area contributed by atoms with Gasteiger partial charge in [-0.25, -0.2) is 4.39 Å². The summed E-state index contributed by atoms with van der Waals surface area (Å²) >= 11 is 5.67. The molecule has 0 saturated heterocycles. The zero-order chi connectivity index (χ0) is 13.4. The fourth-order valence-corrected chi connectivity index (χ4v) is 2.09. The molecule has 0 amide bonds. The second kappa shape index (κ2) is 8.25.